The van der Waals surface area contributed by atoms with E-state index in [4.69, 9.17) is 33.0 Å². The molecular formula is C26H26Cl2N6O2. The van der Waals surface area contributed by atoms with Crippen LogP contribution < -0.4 is 9.64 Å². The van der Waals surface area contributed by atoms with Gasteiger partial charge >= 0.3 is 0 Å². The summed E-state index contributed by atoms with van der Waals surface area (Å²) in [7, 11) is 1.62. The van der Waals surface area contributed by atoms with Crippen LogP contribution in [-0.4, -0.2) is 37.6 Å². The highest BCUT2D eigenvalue weighted by Gasteiger charge is 2.28. The summed E-state index contributed by atoms with van der Waals surface area (Å²) < 4.78 is 9.25. The number of hydrogen-bond acceptors (Lipinski definition) is 5. The van der Waals surface area contributed by atoms with E-state index in [2.05, 4.69) is 10.1 Å². The number of aryl methyl sites for hydroxylation is 2. The van der Waals surface area contributed by atoms with Crippen LogP contribution in [0, 0.1) is 6.92 Å². The van der Waals surface area contributed by atoms with Gasteiger partial charge in [0.25, 0.3) is 0 Å². The summed E-state index contributed by atoms with van der Waals surface area (Å²) in [6, 6.07) is 9.65. The molecule has 186 valence electrons. The molecule has 4 aromatic rings. The molecule has 0 unspecified atom stereocenters. The van der Waals surface area contributed by atoms with Crippen molar-refractivity contribution in [3.05, 3.63) is 63.9 Å². The molecule has 3 aromatic heterocycles. The number of rotatable bonds is 6. The number of aromatic nitrogens is 5. The largest absolute Gasteiger partial charge is 0.494 e. The molecule has 0 bridgehead atoms. The van der Waals surface area contributed by atoms with Gasteiger partial charge in [0.05, 0.1) is 36.4 Å². The third-order valence-corrected chi connectivity index (χ3v) is 6.88. The Labute approximate surface area is 219 Å². The molecule has 0 N–H and O–H groups in total. The van der Waals surface area contributed by atoms with Gasteiger partial charge in [-0.3, -0.25) is 19.4 Å². The van der Waals surface area contributed by atoms with Crippen LogP contribution in [0.2, 0.25) is 10.0 Å². The molecule has 1 amide bonds. The minimum Gasteiger partial charge on any atom is -0.494 e. The first-order chi connectivity index (χ1) is 17.3. The molecule has 0 aliphatic carbocycles. The predicted molar refractivity (Wildman–Crippen MR) is 141 cm³/mol. The van der Waals surface area contributed by atoms with E-state index in [1.807, 2.05) is 60.5 Å². The molecule has 0 saturated heterocycles. The quantitative estimate of drug-likeness (QED) is 0.311. The van der Waals surface area contributed by atoms with E-state index in [-0.39, 0.29) is 11.9 Å². The molecule has 5 rings (SSSR count). The lowest BCUT2D eigenvalue weighted by atomic mass is 10.0. The molecule has 0 radical (unpaired) electrons. The Morgan fingerprint density at radius 1 is 1.14 bits per heavy atom. The monoisotopic (exact) mass is 524 g/mol. The lowest BCUT2D eigenvalue weighted by molar-refractivity contribution is -0.119. The number of nitrogens with zero attached hydrogens (tertiary/aromatic N) is 6. The van der Waals surface area contributed by atoms with Gasteiger partial charge in [0.1, 0.15) is 28.6 Å². The molecule has 1 aliphatic heterocycles. The molecule has 8 nitrogen and oxygen atoms in total. The fourth-order valence-electron chi connectivity index (χ4n) is 4.54. The SMILES string of the molecule is COc1c(C)ccnc1-c1ccc(CN2C(=O)CCn3nc(-c4c(Cl)cnn4C(C)C)cc32)cc1Cl. The first-order valence-corrected chi connectivity index (χ1v) is 12.4. The van der Waals surface area contributed by atoms with Gasteiger partial charge < -0.3 is 4.74 Å². The van der Waals surface area contributed by atoms with Crippen LogP contribution in [0.15, 0.2) is 42.7 Å². The number of methoxy groups -OCH3 is 1. The molecule has 4 heterocycles. The molecule has 0 spiro atoms. The topological polar surface area (TPSA) is 78.1 Å². The Hall–Kier alpha value is -3.36. The number of halogens is 2. The minimum absolute atomic E-state index is 0.0274. The van der Waals surface area contributed by atoms with Gasteiger partial charge in [-0.05, 0) is 44.0 Å². The summed E-state index contributed by atoms with van der Waals surface area (Å²) in [5, 5.41) is 10.2. The van der Waals surface area contributed by atoms with Gasteiger partial charge in [0.15, 0.2) is 0 Å². The van der Waals surface area contributed by atoms with Gasteiger partial charge in [0.2, 0.25) is 5.91 Å². The second-order valence-electron chi connectivity index (χ2n) is 9.04. The number of amides is 1. The average molecular weight is 525 g/mol. The smallest absolute Gasteiger partial charge is 0.230 e. The van der Waals surface area contributed by atoms with E-state index in [1.165, 1.54) is 0 Å². The molecule has 10 heteroatoms. The lowest BCUT2D eigenvalue weighted by Crippen LogP contribution is -2.36. The zero-order chi connectivity index (χ0) is 25.6. The number of anilines is 1. The number of carbonyl (C=O) groups is 1. The van der Waals surface area contributed by atoms with Crippen molar-refractivity contribution in [3.63, 3.8) is 0 Å². The Kier molecular flexibility index (Phi) is 6.49. The third-order valence-electron chi connectivity index (χ3n) is 6.29. The summed E-state index contributed by atoms with van der Waals surface area (Å²) in [4.78, 5) is 19.2. The number of hydrogen-bond donors (Lipinski definition) is 0. The van der Waals surface area contributed by atoms with Gasteiger partial charge in [-0.15, -0.1) is 0 Å². The Morgan fingerprint density at radius 3 is 2.67 bits per heavy atom. The van der Waals surface area contributed by atoms with E-state index in [0.717, 1.165) is 28.2 Å². The first kappa shape index (κ1) is 24.3. The highest BCUT2D eigenvalue weighted by atomic mass is 35.5. The molecule has 0 atom stereocenters. The van der Waals surface area contributed by atoms with Crippen molar-refractivity contribution >= 4 is 34.9 Å². The summed E-state index contributed by atoms with van der Waals surface area (Å²) in [6.45, 7) is 6.91. The van der Waals surface area contributed by atoms with Crippen LogP contribution in [0.1, 0.15) is 37.4 Å². The molecule has 1 aliphatic rings. The van der Waals surface area contributed by atoms with Crippen molar-refractivity contribution in [2.24, 2.45) is 0 Å². The van der Waals surface area contributed by atoms with E-state index in [0.29, 0.717) is 46.7 Å². The third kappa shape index (κ3) is 4.24. The van der Waals surface area contributed by atoms with E-state index in [1.54, 1.807) is 24.4 Å². The number of carbonyl (C=O) groups excluding carboxylic acids is 1. The van der Waals surface area contributed by atoms with E-state index >= 15 is 0 Å². The van der Waals surface area contributed by atoms with Crippen LogP contribution in [0.25, 0.3) is 22.6 Å². The van der Waals surface area contributed by atoms with Crippen LogP contribution in [0.5, 0.6) is 5.75 Å². The fraction of sp³-hybridized carbons (Fsp3) is 0.308. The molecule has 1 aromatic carbocycles. The van der Waals surface area contributed by atoms with Crippen LogP contribution >= 0.6 is 23.2 Å². The van der Waals surface area contributed by atoms with Crippen molar-refractivity contribution in [3.8, 4) is 28.4 Å². The standard InChI is InChI=1S/C26H26Cl2N6O2/c1-15(2)34-25(20(28)13-30-34)21-12-22-32(23(35)8-10-33(22)31-21)14-17-5-6-18(19(27)11-17)24-26(36-4)16(3)7-9-29-24/h5-7,9,11-13,15H,8,10,14H2,1-4H3. The van der Waals surface area contributed by atoms with Crippen molar-refractivity contribution in [2.45, 2.75) is 46.3 Å². The Balaban J connectivity index is 1.48. The summed E-state index contributed by atoms with van der Waals surface area (Å²) in [5.74, 6) is 1.43. The maximum atomic E-state index is 13.0. The Bertz CT molecular complexity index is 1460. The summed E-state index contributed by atoms with van der Waals surface area (Å²) in [5.41, 5.74) is 4.76. The second-order valence-corrected chi connectivity index (χ2v) is 9.86. The van der Waals surface area contributed by atoms with E-state index < -0.39 is 0 Å². The van der Waals surface area contributed by atoms with Crippen molar-refractivity contribution in [1.29, 1.82) is 0 Å². The number of pyridine rings is 1. The number of ether oxygens (including phenoxy) is 1. The minimum atomic E-state index is 0.0274. The lowest BCUT2D eigenvalue weighted by Gasteiger charge is -2.27. The average Bonchev–Trinajstić information content (AvgIpc) is 3.44. The first-order valence-electron chi connectivity index (χ1n) is 11.7. The number of benzene rings is 1. The molecule has 36 heavy (non-hydrogen) atoms. The predicted octanol–water partition coefficient (Wildman–Crippen LogP) is 5.95. The van der Waals surface area contributed by atoms with Gasteiger partial charge in [-0.1, -0.05) is 35.3 Å². The fourth-order valence-corrected chi connectivity index (χ4v) is 5.06. The second kappa shape index (κ2) is 9.59. The highest BCUT2D eigenvalue weighted by Crippen LogP contribution is 2.37. The van der Waals surface area contributed by atoms with Crippen molar-refractivity contribution in [2.75, 3.05) is 12.0 Å². The normalized spacial score (nSPS) is 13.4. The van der Waals surface area contributed by atoms with Crippen LogP contribution in [0.4, 0.5) is 5.82 Å². The van der Waals surface area contributed by atoms with Crippen molar-refractivity contribution < 1.29 is 9.53 Å². The van der Waals surface area contributed by atoms with Crippen LogP contribution in [-0.2, 0) is 17.9 Å². The molecule has 0 fully saturated rings. The van der Waals surface area contributed by atoms with Crippen molar-refractivity contribution in [1.82, 2.24) is 24.5 Å². The van der Waals surface area contributed by atoms with Crippen LogP contribution in [0.3, 0.4) is 0 Å². The Morgan fingerprint density at radius 2 is 1.94 bits per heavy atom. The number of fused-ring (bicyclic) bond motifs is 1. The maximum absolute atomic E-state index is 13.0. The summed E-state index contributed by atoms with van der Waals surface area (Å²) in [6.07, 6.45) is 3.72. The molecular weight excluding hydrogens is 499 g/mol. The highest BCUT2D eigenvalue weighted by molar-refractivity contribution is 6.33. The zero-order valence-corrected chi connectivity index (χ0v) is 22.0. The molecule has 0 saturated carbocycles. The maximum Gasteiger partial charge on any atom is 0.230 e. The summed E-state index contributed by atoms with van der Waals surface area (Å²) >= 11 is 13.1. The zero-order valence-electron chi connectivity index (χ0n) is 20.5. The van der Waals surface area contributed by atoms with Gasteiger partial charge in [-0.2, -0.15) is 10.2 Å². The van der Waals surface area contributed by atoms with Gasteiger partial charge in [-0.25, -0.2) is 4.68 Å². The van der Waals surface area contributed by atoms with E-state index in [9.17, 15) is 4.79 Å². The van der Waals surface area contributed by atoms with Gasteiger partial charge in [0, 0.05) is 30.3 Å².